The van der Waals surface area contributed by atoms with Crippen molar-refractivity contribution < 1.29 is 0 Å². The van der Waals surface area contributed by atoms with Gasteiger partial charge in [0.15, 0.2) is 0 Å². The molecule has 0 fully saturated rings. The average molecular weight is 698 g/mol. The fourth-order valence-electron chi connectivity index (χ4n) is 8.83. The van der Waals surface area contributed by atoms with Gasteiger partial charge in [0.2, 0.25) is 0 Å². The van der Waals surface area contributed by atoms with Gasteiger partial charge >= 0.3 is 0 Å². The van der Waals surface area contributed by atoms with Crippen LogP contribution in [0.1, 0.15) is 11.1 Å². The van der Waals surface area contributed by atoms with Crippen molar-refractivity contribution in [2.24, 2.45) is 0 Å². The lowest BCUT2D eigenvalue weighted by Crippen LogP contribution is -1.90. The van der Waals surface area contributed by atoms with Gasteiger partial charge in [0.25, 0.3) is 0 Å². The van der Waals surface area contributed by atoms with Crippen LogP contribution in [0.25, 0.3) is 99.3 Å². The zero-order valence-electron chi connectivity index (χ0n) is 30.2. The summed E-state index contributed by atoms with van der Waals surface area (Å²) in [5.41, 5.74) is 17.1. The molecule has 1 aliphatic rings. The van der Waals surface area contributed by atoms with Gasteiger partial charge in [0, 0.05) is 11.1 Å². The first kappa shape index (κ1) is 31.4. The van der Waals surface area contributed by atoms with Crippen LogP contribution in [0.2, 0.25) is 0 Å². The van der Waals surface area contributed by atoms with Crippen molar-refractivity contribution in [3.8, 4) is 67.0 Å². The Morgan fingerprint density at radius 1 is 0.273 bits per heavy atom. The van der Waals surface area contributed by atoms with E-state index in [4.69, 9.17) is 4.98 Å². The molecular weight excluding hydrogens is 663 g/mol. The molecule has 9 aromatic carbocycles. The van der Waals surface area contributed by atoms with Crippen LogP contribution >= 0.6 is 0 Å². The molecule has 55 heavy (non-hydrogen) atoms. The maximum absolute atomic E-state index is 5.22. The molecule has 0 bridgehead atoms. The second-order valence-electron chi connectivity index (χ2n) is 14.7. The van der Waals surface area contributed by atoms with Crippen LogP contribution in [-0.4, -0.2) is 4.98 Å². The highest BCUT2D eigenvalue weighted by atomic mass is 14.7. The van der Waals surface area contributed by atoms with E-state index in [1.807, 2.05) is 0 Å². The molecule has 0 saturated heterocycles. The lowest BCUT2D eigenvalue weighted by molar-refractivity contribution is 1.26. The topological polar surface area (TPSA) is 12.9 Å². The number of hydrogen-bond donors (Lipinski definition) is 0. The average Bonchev–Trinajstić information content (AvgIpc) is 3.66. The minimum absolute atomic E-state index is 0.965. The van der Waals surface area contributed by atoms with Crippen molar-refractivity contribution >= 4 is 32.3 Å². The second kappa shape index (κ2) is 12.8. The molecule has 0 atom stereocenters. The number of nitrogens with zero attached hydrogens (tertiary/aromatic N) is 1. The Morgan fingerprint density at radius 3 is 1.42 bits per heavy atom. The van der Waals surface area contributed by atoms with Gasteiger partial charge in [-0.3, -0.25) is 0 Å². The molecule has 1 aliphatic carbocycles. The Kier molecular flexibility index (Phi) is 7.31. The van der Waals surface area contributed by atoms with Crippen LogP contribution in [0.3, 0.4) is 0 Å². The van der Waals surface area contributed by atoms with Crippen LogP contribution < -0.4 is 0 Å². The molecule has 0 aliphatic heterocycles. The summed E-state index contributed by atoms with van der Waals surface area (Å²) in [5.74, 6) is 0. The highest BCUT2D eigenvalue weighted by Gasteiger charge is 2.21. The smallest absolute Gasteiger partial charge is 0.0709 e. The molecule has 1 heterocycles. The summed E-state index contributed by atoms with van der Waals surface area (Å²) in [6.07, 6.45) is 0.984. The lowest BCUT2D eigenvalue weighted by atomic mass is 9.92. The van der Waals surface area contributed by atoms with E-state index in [0.717, 1.165) is 28.9 Å². The number of hydrogen-bond acceptors (Lipinski definition) is 1. The SMILES string of the molecule is c1cc(-c2ccc(-c3cccc(-c4cccc5c4Cc4ccccc4-5)c3)cc2)cc(-c2cccc(-c3ccc4c5ccccc5c5ccccc5c4c3)n2)c1. The van der Waals surface area contributed by atoms with E-state index in [0.29, 0.717) is 0 Å². The van der Waals surface area contributed by atoms with Gasteiger partial charge in [-0.15, -0.1) is 0 Å². The Labute approximate surface area is 320 Å². The van der Waals surface area contributed by atoms with Crippen molar-refractivity contribution in [3.63, 3.8) is 0 Å². The van der Waals surface area contributed by atoms with Crippen molar-refractivity contribution in [2.45, 2.75) is 6.42 Å². The van der Waals surface area contributed by atoms with E-state index in [1.54, 1.807) is 0 Å². The molecule has 1 heteroatoms. The number of benzene rings is 9. The lowest BCUT2D eigenvalue weighted by Gasteiger charge is -2.12. The number of fused-ring (bicyclic) bond motifs is 9. The van der Waals surface area contributed by atoms with E-state index >= 15 is 0 Å². The van der Waals surface area contributed by atoms with Gasteiger partial charge in [0.05, 0.1) is 11.4 Å². The third kappa shape index (κ3) is 5.36. The molecule has 0 N–H and O–H groups in total. The monoisotopic (exact) mass is 697 g/mol. The Morgan fingerprint density at radius 2 is 0.727 bits per heavy atom. The first-order valence-corrected chi connectivity index (χ1v) is 19.1. The first-order chi connectivity index (χ1) is 27.2. The van der Waals surface area contributed by atoms with E-state index < -0.39 is 0 Å². The van der Waals surface area contributed by atoms with E-state index in [9.17, 15) is 0 Å². The summed E-state index contributed by atoms with van der Waals surface area (Å²) in [5, 5.41) is 7.65. The molecule has 0 radical (unpaired) electrons. The maximum Gasteiger partial charge on any atom is 0.0709 e. The van der Waals surface area contributed by atoms with Gasteiger partial charge in [-0.25, -0.2) is 4.98 Å². The second-order valence-corrected chi connectivity index (χ2v) is 14.7. The summed E-state index contributed by atoms with van der Waals surface area (Å²) < 4.78 is 0. The number of rotatable bonds is 5. The third-order valence-electron chi connectivity index (χ3n) is 11.5. The van der Waals surface area contributed by atoms with Crippen molar-refractivity contribution in [3.05, 3.63) is 211 Å². The summed E-state index contributed by atoms with van der Waals surface area (Å²) in [7, 11) is 0. The van der Waals surface area contributed by atoms with Crippen LogP contribution in [0, 0.1) is 0 Å². The molecular formula is C54H35N. The van der Waals surface area contributed by atoms with Crippen molar-refractivity contribution in [1.82, 2.24) is 4.98 Å². The van der Waals surface area contributed by atoms with Crippen molar-refractivity contribution in [2.75, 3.05) is 0 Å². The predicted molar refractivity (Wildman–Crippen MR) is 232 cm³/mol. The van der Waals surface area contributed by atoms with Gasteiger partial charge in [-0.2, -0.15) is 0 Å². The Hall–Kier alpha value is -7.09. The Balaban J connectivity index is 0.892. The number of pyridine rings is 1. The maximum atomic E-state index is 5.22. The van der Waals surface area contributed by atoms with E-state index in [2.05, 4.69) is 200 Å². The molecule has 0 unspecified atom stereocenters. The van der Waals surface area contributed by atoms with E-state index in [1.165, 1.54) is 88.0 Å². The molecule has 256 valence electrons. The minimum atomic E-state index is 0.965. The fraction of sp³-hybridized carbons (Fsp3) is 0.0185. The highest BCUT2D eigenvalue weighted by molar-refractivity contribution is 6.25. The summed E-state index contributed by atoms with van der Waals surface area (Å²) in [4.78, 5) is 5.22. The predicted octanol–water partition coefficient (Wildman–Crippen LogP) is 14.4. The molecule has 1 aromatic heterocycles. The van der Waals surface area contributed by atoms with Gasteiger partial charge < -0.3 is 0 Å². The largest absolute Gasteiger partial charge is 0.248 e. The van der Waals surface area contributed by atoms with Crippen LogP contribution in [-0.2, 0) is 6.42 Å². The van der Waals surface area contributed by atoms with Crippen LogP contribution in [0.15, 0.2) is 200 Å². The van der Waals surface area contributed by atoms with E-state index in [-0.39, 0.29) is 0 Å². The molecule has 0 saturated carbocycles. The molecule has 1 nitrogen and oxygen atoms in total. The Bertz CT molecular complexity index is 3080. The summed E-state index contributed by atoms with van der Waals surface area (Å²) >= 11 is 0. The zero-order valence-corrected chi connectivity index (χ0v) is 30.2. The fourth-order valence-corrected chi connectivity index (χ4v) is 8.83. The molecule has 0 amide bonds. The quantitative estimate of drug-likeness (QED) is 0.163. The number of aromatic nitrogens is 1. The van der Waals surface area contributed by atoms with Crippen LogP contribution in [0.4, 0.5) is 0 Å². The van der Waals surface area contributed by atoms with Gasteiger partial charge in [-0.1, -0.05) is 170 Å². The van der Waals surface area contributed by atoms with Crippen molar-refractivity contribution in [1.29, 1.82) is 0 Å². The van der Waals surface area contributed by atoms with Crippen LogP contribution in [0.5, 0.6) is 0 Å². The van der Waals surface area contributed by atoms with Gasteiger partial charge in [-0.05, 0) is 125 Å². The summed E-state index contributed by atoms with van der Waals surface area (Å²) in [6.45, 7) is 0. The molecule has 11 rings (SSSR count). The standard InChI is InChI=1S/C54H35N/c1-2-16-43-40(11-1)33-51-44(21-9-22-45(43)51)39-14-7-12-37(31-39)35-25-27-36(28-26-35)38-13-8-15-41(32-38)53-23-10-24-54(55-53)42-29-30-50-48-19-4-3-17-46(48)47-18-5-6-20-49(47)52(50)34-42/h1-32,34H,33H2. The normalized spacial score (nSPS) is 11.9. The zero-order chi connectivity index (χ0) is 36.3. The van der Waals surface area contributed by atoms with Gasteiger partial charge in [0.1, 0.15) is 0 Å². The third-order valence-corrected chi connectivity index (χ3v) is 11.5. The molecule has 10 aromatic rings. The summed E-state index contributed by atoms with van der Waals surface area (Å²) in [6, 6.07) is 72.9. The minimum Gasteiger partial charge on any atom is -0.248 e. The first-order valence-electron chi connectivity index (χ1n) is 19.1. The molecule has 0 spiro atoms. The highest BCUT2D eigenvalue weighted by Crippen LogP contribution is 2.42.